The first-order valence-corrected chi connectivity index (χ1v) is 9.52. The molecule has 2 aromatic heterocycles. The van der Waals surface area contributed by atoms with Gasteiger partial charge >= 0.3 is 0 Å². The molecule has 140 valence electrons. The summed E-state index contributed by atoms with van der Waals surface area (Å²) in [5.74, 6) is 0.987. The number of amides is 1. The van der Waals surface area contributed by atoms with E-state index in [-0.39, 0.29) is 11.9 Å². The van der Waals surface area contributed by atoms with E-state index in [4.69, 9.17) is 0 Å². The van der Waals surface area contributed by atoms with Crippen molar-refractivity contribution in [2.75, 3.05) is 13.6 Å². The maximum absolute atomic E-state index is 13.1. The standard InChI is InChI=1S/C21H25N5O/c1-25(15-20-23-17-8-2-3-9-18(17)24-20)21(27)19-10-4-5-12-26(19)14-16-7-6-11-22-13-16/h2-3,6-9,11,13,19H,4-5,10,12,14-15H2,1H3,(H,23,24). The number of likely N-dealkylation sites (N-methyl/N-ethyl adjacent to an activating group) is 1. The number of hydrogen-bond acceptors (Lipinski definition) is 4. The van der Waals surface area contributed by atoms with E-state index < -0.39 is 0 Å². The zero-order valence-electron chi connectivity index (χ0n) is 15.6. The van der Waals surface area contributed by atoms with Crippen LogP contribution in [0.15, 0.2) is 48.8 Å². The third-order valence-electron chi connectivity index (χ3n) is 5.21. The molecule has 0 bridgehead atoms. The number of rotatable bonds is 5. The van der Waals surface area contributed by atoms with E-state index >= 15 is 0 Å². The quantitative estimate of drug-likeness (QED) is 0.757. The SMILES string of the molecule is CN(Cc1nc2ccccc2[nH]1)C(=O)C1CCCCN1Cc1cccnc1. The minimum Gasteiger partial charge on any atom is -0.340 e. The maximum Gasteiger partial charge on any atom is 0.240 e. The summed E-state index contributed by atoms with van der Waals surface area (Å²) in [4.78, 5) is 29.3. The summed E-state index contributed by atoms with van der Waals surface area (Å²) in [6.07, 6.45) is 6.80. The molecule has 1 atom stereocenters. The Bertz CT molecular complexity index is 874. The first-order valence-electron chi connectivity index (χ1n) is 9.52. The second kappa shape index (κ2) is 7.88. The van der Waals surface area contributed by atoms with E-state index in [0.717, 1.165) is 54.8 Å². The second-order valence-electron chi connectivity index (χ2n) is 7.24. The molecule has 1 fully saturated rings. The van der Waals surface area contributed by atoms with Crippen LogP contribution in [0.25, 0.3) is 11.0 Å². The number of imidazole rings is 1. The van der Waals surface area contributed by atoms with Crippen LogP contribution in [-0.2, 0) is 17.9 Å². The summed E-state index contributed by atoms with van der Waals surface area (Å²) in [5, 5.41) is 0. The number of benzene rings is 1. The molecule has 6 nitrogen and oxygen atoms in total. The fourth-order valence-electron chi connectivity index (χ4n) is 3.82. The van der Waals surface area contributed by atoms with Crippen molar-refractivity contribution in [3.8, 4) is 0 Å². The van der Waals surface area contributed by atoms with Crippen LogP contribution in [0.3, 0.4) is 0 Å². The van der Waals surface area contributed by atoms with Gasteiger partial charge in [-0.3, -0.25) is 14.7 Å². The molecule has 3 heterocycles. The molecule has 1 aromatic carbocycles. The van der Waals surface area contributed by atoms with Gasteiger partial charge in [0.05, 0.1) is 23.6 Å². The summed E-state index contributed by atoms with van der Waals surface area (Å²) in [5.41, 5.74) is 3.09. The van der Waals surface area contributed by atoms with Gasteiger partial charge in [0.25, 0.3) is 0 Å². The molecule has 1 N–H and O–H groups in total. The Morgan fingerprint density at radius 2 is 2.15 bits per heavy atom. The molecule has 0 saturated carbocycles. The Morgan fingerprint density at radius 1 is 1.26 bits per heavy atom. The number of H-pyrrole nitrogens is 1. The molecule has 1 amide bonds. The lowest BCUT2D eigenvalue weighted by Gasteiger charge is -2.36. The molecule has 3 aromatic rings. The van der Waals surface area contributed by atoms with Gasteiger partial charge in [0, 0.05) is 26.0 Å². The molecule has 6 heteroatoms. The normalized spacial score (nSPS) is 17.9. The van der Waals surface area contributed by atoms with Crippen LogP contribution in [-0.4, -0.2) is 50.3 Å². The Balaban J connectivity index is 1.45. The van der Waals surface area contributed by atoms with Crippen molar-refractivity contribution in [3.05, 3.63) is 60.2 Å². The van der Waals surface area contributed by atoms with Crippen LogP contribution in [0, 0.1) is 0 Å². The van der Waals surface area contributed by atoms with Gasteiger partial charge in [0.15, 0.2) is 0 Å². The highest BCUT2D eigenvalue weighted by Crippen LogP contribution is 2.22. The lowest BCUT2D eigenvalue weighted by molar-refractivity contribution is -0.137. The number of likely N-dealkylation sites (tertiary alicyclic amines) is 1. The molecule has 1 aliphatic rings. The van der Waals surface area contributed by atoms with E-state index in [1.807, 2.05) is 43.6 Å². The van der Waals surface area contributed by atoms with Crippen molar-refractivity contribution in [2.24, 2.45) is 0 Å². The number of para-hydroxylation sites is 2. The van der Waals surface area contributed by atoms with Gasteiger partial charge in [-0.15, -0.1) is 0 Å². The summed E-state index contributed by atoms with van der Waals surface area (Å²) >= 11 is 0. The average Bonchev–Trinajstić information content (AvgIpc) is 3.11. The smallest absolute Gasteiger partial charge is 0.240 e. The van der Waals surface area contributed by atoms with Gasteiger partial charge in [0.1, 0.15) is 5.82 Å². The molecule has 1 saturated heterocycles. The fourth-order valence-corrected chi connectivity index (χ4v) is 3.82. The molecular weight excluding hydrogens is 338 g/mol. The van der Waals surface area contributed by atoms with E-state index in [2.05, 4.69) is 25.9 Å². The summed E-state index contributed by atoms with van der Waals surface area (Å²) in [6, 6.07) is 11.9. The number of piperidine rings is 1. The zero-order valence-corrected chi connectivity index (χ0v) is 15.6. The number of nitrogens with one attached hydrogen (secondary N) is 1. The van der Waals surface area contributed by atoms with E-state index in [1.165, 1.54) is 0 Å². The first kappa shape index (κ1) is 17.7. The summed E-state index contributed by atoms with van der Waals surface area (Å²) < 4.78 is 0. The van der Waals surface area contributed by atoms with Gasteiger partial charge in [0.2, 0.25) is 5.91 Å². The topological polar surface area (TPSA) is 65.1 Å². The average molecular weight is 363 g/mol. The number of aromatic amines is 1. The molecule has 1 aliphatic heterocycles. The van der Waals surface area contributed by atoms with Crippen molar-refractivity contribution in [3.63, 3.8) is 0 Å². The second-order valence-corrected chi connectivity index (χ2v) is 7.24. The molecular formula is C21H25N5O. The van der Waals surface area contributed by atoms with E-state index in [0.29, 0.717) is 6.54 Å². The number of hydrogen-bond donors (Lipinski definition) is 1. The minimum atomic E-state index is -0.0756. The first-order chi connectivity index (χ1) is 13.2. The van der Waals surface area contributed by atoms with Crippen molar-refractivity contribution < 1.29 is 4.79 Å². The predicted octanol–water partition coefficient (Wildman–Crippen LogP) is 2.97. The fraction of sp³-hybridized carbons (Fsp3) is 0.381. The molecule has 1 unspecified atom stereocenters. The third-order valence-corrected chi connectivity index (χ3v) is 5.21. The van der Waals surface area contributed by atoms with Crippen molar-refractivity contribution >= 4 is 16.9 Å². The zero-order chi connectivity index (χ0) is 18.6. The highest BCUT2D eigenvalue weighted by Gasteiger charge is 2.31. The lowest BCUT2D eigenvalue weighted by atomic mass is 10.00. The Morgan fingerprint density at radius 3 is 2.96 bits per heavy atom. The number of carbonyl (C=O) groups is 1. The van der Waals surface area contributed by atoms with Crippen LogP contribution >= 0.6 is 0 Å². The molecule has 0 aliphatic carbocycles. The lowest BCUT2D eigenvalue weighted by Crippen LogP contribution is -2.49. The van der Waals surface area contributed by atoms with Crippen molar-refractivity contribution in [1.82, 2.24) is 24.8 Å². The third kappa shape index (κ3) is 4.01. The largest absolute Gasteiger partial charge is 0.340 e. The highest BCUT2D eigenvalue weighted by atomic mass is 16.2. The van der Waals surface area contributed by atoms with E-state index in [9.17, 15) is 4.79 Å². The van der Waals surface area contributed by atoms with E-state index in [1.54, 1.807) is 11.1 Å². The minimum absolute atomic E-state index is 0.0756. The number of pyridine rings is 1. The Labute approximate surface area is 159 Å². The van der Waals surface area contributed by atoms with Crippen LogP contribution in [0.5, 0.6) is 0 Å². The van der Waals surface area contributed by atoms with Crippen LogP contribution in [0.1, 0.15) is 30.7 Å². The molecule has 27 heavy (non-hydrogen) atoms. The summed E-state index contributed by atoms with van der Waals surface area (Å²) in [6.45, 7) is 2.21. The Kier molecular flexibility index (Phi) is 5.16. The monoisotopic (exact) mass is 363 g/mol. The molecule has 0 spiro atoms. The van der Waals surface area contributed by atoms with Crippen LogP contribution < -0.4 is 0 Å². The number of fused-ring (bicyclic) bond motifs is 1. The van der Waals surface area contributed by atoms with Gasteiger partial charge < -0.3 is 9.88 Å². The van der Waals surface area contributed by atoms with Gasteiger partial charge in [-0.2, -0.15) is 0 Å². The van der Waals surface area contributed by atoms with Crippen molar-refractivity contribution in [2.45, 2.75) is 38.4 Å². The maximum atomic E-state index is 13.1. The molecule has 4 rings (SSSR count). The van der Waals surface area contributed by atoms with Crippen LogP contribution in [0.2, 0.25) is 0 Å². The van der Waals surface area contributed by atoms with Gasteiger partial charge in [-0.1, -0.05) is 24.6 Å². The number of nitrogens with zero attached hydrogens (tertiary/aromatic N) is 4. The van der Waals surface area contributed by atoms with Gasteiger partial charge in [-0.25, -0.2) is 4.98 Å². The van der Waals surface area contributed by atoms with Gasteiger partial charge in [-0.05, 0) is 43.1 Å². The van der Waals surface area contributed by atoms with Crippen LogP contribution in [0.4, 0.5) is 0 Å². The summed E-state index contributed by atoms with van der Waals surface area (Å²) in [7, 11) is 1.87. The predicted molar refractivity (Wildman–Crippen MR) is 105 cm³/mol. The Hall–Kier alpha value is -2.73. The number of aromatic nitrogens is 3. The molecule has 0 radical (unpaired) electrons. The van der Waals surface area contributed by atoms with Crippen molar-refractivity contribution in [1.29, 1.82) is 0 Å². The number of carbonyl (C=O) groups excluding carboxylic acids is 1. The highest BCUT2D eigenvalue weighted by molar-refractivity contribution is 5.82.